The van der Waals surface area contributed by atoms with E-state index >= 15 is 0 Å². The molecule has 0 fully saturated rings. The molecule has 0 unspecified atom stereocenters. The fourth-order valence-corrected chi connectivity index (χ4v) is 13.8. The van der Waals surface area contributed by atoms with Crippen LogP contribution in [0.1, 0.15) is 67.2 Å². The summed E-state index contributed by atoms with van der Waals surface area (Å²) >= 11 is -5.46. The fraction of sp³-hybridized carbons (Fsp3) is 0.500. The quantitative estimate of drug-likeness (QED) is 0.299. The van der Waals surface area contributed by atoms with Crippen molar-refractivity contribution >= 4 is 17.0 Å². The molecule has 0 N–H and O–H groups in total. The van der Waals surface area contributed by atoms with E-state index in [0.717, 1.165) is 6.42 Å². The third-order valence-corrected chi connectivity index (χ3v) is 23.6. The number of rotatable bonds is 3. The molecule has 0 heterocycles. The van der Waals surface area contributed by atoms with E-state index in [0.29, 0.717) is 0 Å². The molecule has 0 saturated heterocycles. The molecule has 0 atom stereocenters. The summed E-state index contributed by atoms with van der Waals surface area (Å²) in [4.78, 5) is 0. The molecule has 38 heavy (non-hydrogen) atoms. The Morgan fingerprint density at radius 2 is 1.03 bits per heavy atom. The van der Waals surface area contributed by atoms with Crippen LogP contribution in [0.4, 0.5) is 0 Å². The average Bonchev–Trinajstić information content (AvgIpc) is 3.52. The summed E-state index contributed by atoms with van der Waals surface area (Å²) < 4.78 is 17.0. The molecule has 0 amide bonds. The van der Waals surface area contributed by atoms with Gasteiger partial charge in [-0.3, -0.25) is 0 Å². The van der Waals surface area contributed by atoms with E-state index < -0.39 is 35.2 Å². The maximum Gasteiger partial charge on any atom is -1.00 e. The van der Waals surface area contributed by atoms with E-state index in [4.69, 9.17) is 17.0 Å². The molecular formula is C32H50Cl4Zr2. The number of halogens is 4. The van der Waals surface area contributed by atoms with Crippen molar-refractivity contribution in [3.8, 4) is 0 Å². The first-order valence-corrected chi connectivity index (χ1v) is 37.0. The van der Waals surface area contributed by atoms with Gasteiger partial charge < -0.3 is 24.8 Å². The van der Waals surface area contributed by atoms with Gasteiger partial charge in [0, 0.05) is 0 Å². The van der Waals surface area contributed by atoms with Crippen LogP contribution in [0.2, 0.25) is 27.8 Å². The Bertz CT molecular complexity index is 1070. The molecule has 6 heteroatoms. The molecule has 0 aromatic rings. The van der Waals surface area contributed by atoms with Crippen LogP contribution in [0.15, 0.2) is 87.6 Å². The summed E-state index contributed by atoms with van der Waals surface area (Å²) in [5, 5.41) is 0. The second kappa shape index (κ2) is 13.9. The summed E-state index contributed by atoms with van der Waals surface area (Å²) in [5.74, 6) is 0. The molecule has 0 radical (unpaired) electrons. The number of allylic oxidation sites excluding steroid dienone is 16. The number of hydrogen-bond donors (Lipinski definition) is 0. The van der Waals surface area contributed by atoms with Crippen molar-refractivity contribution in [1.29, 1.82) is 0 Å². The molecule has 4 aliphatic carbocycles. The SMILES string of the molecule is CC1=C(C)C(C)=C(C2=C(C)C(C)=C(C)C2)C1.[CH3][Zr+2]([CH3])([CH3])([CH3])[C]1=CC=CC1.[CH3][Zr]([CH3])([Cl])([Cl])[C]1=CC=CC1.[Cl-].[Cl-]. The van der Waals surface area contributed by atoms with Gasteiger partial charge in [-0.15, -0.1) is 0 Å². The van der Waals surface area contributed by atoms with Crippen LogP contribution in [0.5, 0.6) is 0 Å². The van der Waals surface area contributed by atoms with E-state index in [-0.39, 0.29) is 24.8 Å². The van der Waals surface area contributed by atoms with Gasteiger partial charge in [-0.2, -0.15) is 0 Å². The molecule has 214 valence electrons. The van der Waals surface area contributed by atoms with Gasteiger partial charge >= 0.3 is 136 Å². The van der Waals surface area contributed by atoms with Gasteiger partial charge in [-0.1, -0.05) is 11.1 Å². The molecule has 0 bridgehead atoms. The predicted octanol–water partition coefficient (Wildman–Crippen LogP) is 6.74. The summed E-state index contributed by atoms with van der Waals surface area (Å²) in [6.45, 7) is 13.6. The molecule has 0 aromatic heterocycles. The van der Waals surface area contributed by atoms with E-state index in [1.54, 1.807) is 25.6 Å². The van der Waals surface area contributed by atoms with Crippen LogP contribution >= 0.6 is 17.0 Å². The Hall–Kier alpha value is 0.846. The number of hydrogen-bond acceptors (Lipinski definition) is 0. The summed E-state index contributed by atoms with van der Waals surface area (Å²) in [6, 6.07) is 0. The zero-order valence-corrected chi connectivity index (χ0v) is 33.7. The third-order valence-electron chi connectivity index (χ3n) is 8.27. The maximum atomic E-state index is 6.26. The van der Waals surface area contributed by atoms with Gasteiger partial charge in [0.15, 0.2) is 0 Å². The molecule has 0 saturated carbocycles. The smallest absolute Gasteiger partial charge is 1.00 e. The Morgan fingerprint density at radius 1 is 0.632 bits per heavy atom. The fourth-order valence-electron chi connectivity index (χ4n) is 4.97. The Morgan fingerprint density at radius 3 is 1.21 bits per heavy atom. The zero-order valence-electron chi connectivity index (χ0n) is 25.8. The Labute approximate surface area is 256 Å². The molecule has 4 aliphatic rings. The van der Waals surface area contributed by atoms with Gasteiger partial charge in [-0.05, 0) is 87.8 Å². The van der Waals surface area contributed by atoms with E-state index in [9.17, 15) is 0 Å². The van der Waals surface area contributed by atoms with Crippen molar-refractivity contribution in [3.05, 3.63) is 87.6 Å². The zero-order chi connectivity index (χ0) is 27.7. The van der Waals surface area contributed by atoms with Crippen molar-refractivity contribution in [2.75, 3.05) is 0 Å². The first kappa shape index (κ1) is 38.8. The van der Waals surface area contributed by atoms with Crippen molar-refractivity contribution in [2.24, 2.45) is 0 Å². The van der Waals surface area contributed by atoms with Gasteiger partial charge in [0.05, 0.1) is 0 Å². The van der Waals surface area contributed by atoms with Crippen LogP contribution in [0.25, 0.3) is 0 Å². The van der Waals surface area contributed by atoms with Gasteiger partial charge in [-0.25, -0.2) is 0 Å². The van der Waals surface area contributed by atoms with E-state index in [1.165, 1.54) is 44.8 Å². The predicted molar refractivity (Wildman–Crippen MR) is 162 cm³/mol. The standard InChI is InChI=1S/C16H22.2C5H5.6CH3.4ClH.2Zr/c1-9-7-15(13(5)11(9)3)16-8-10(2)12(4)14(16)6;2*1-2-4-5-3-1;;;;;;;;;;;;/h7-8H2,1-6H3;2*1-3H,4H2;6*1H3;4*1H;;/q;;;;;;;;;;;;;2*+2/p-4. The molecule has 0 nitrogen and oxygen atoms in total. The first-order valence-electron chi connectivity index (χ1n) is 13.5. The minimum atomic E-state index is -3.26. The topological polar surface area (TPSA) is 0 Å². The third kappa shape index (κ3) is 10.6. The summed E-state index contributed by atoms with van der Waals surface area (Å²) in [5.41, 5.74) is 12.4. The molecule has 0 spiro atoms. The van der Waals surface area contributed by atoms with Crippen LogP contribution in [0, 0.1) is 0 Å². The van der Waals surface area contributed by atoms with Crippen molar-refractivity contribution in [1.82, 2.24) is 0 Å². The van der Waals surface area contributed by atoms with Crippen LogP contribution in [-0.4, -0.2) is 0 Å². The summed E-state index contributed by atoms with van der Waals surface area (Å²) in [7, 11) is 12.5. The summed E-state index contributed by atoms with van der Waals surface area (Å²) in [6.07, 6.45) is 17.5. The minimum absolute atomic E-state index is 0. The van der Waals surface area contributed by atoms with Crippen molar-refractivity contribution < 1.29 is 60.0 Å². The van der Waals surface area contributed by atoms with E-state index in [2.05, 4.69) is 90.4 Å². The second-order valence-electron chi connectivity index (χ2n) is 14.0. The molecular weight excluding hydrogens is 709 g/mol. The van der Waals surface area contributed by atoms with Gasteiger partial charge in [0.2, 0.25) is 0 Å². The van der Waals surface area contributed by atoms with Crippen molar-refractivity contribution in [3.63, 3.8) is 0 Å². The monoisotopic (exact) mass is 754 g/mol. The molecule has 4 rings (SSSR count). The first-order chi connectivity index (χ1) is 16.2. The second-order valence-corrected chi connectivity index (χ2v) is 61.3. The largest absolute Gasteiger partial charge is 1.00 e. The Kier molecular flexibility index (Phi) is 14.2. The Balaban J connectivity index is 0.000000550. The van der Waals surface area contributed by atoms with Crippen LogP contribution in [0.3, 0.4) is 0 Å². The van der Waals surface area contributed by atoms with Crippen molar-refractivity contribution in [2.45, 2.75) is 95.0 Å². The van der Waals surface area contributed by atoms with Crippen LogP contribution in [-0.2, 0) is 35.2 Å². The molecule has 0 aliphatic heterocycles. The molecule has 0 aromatic carbocycles. The van der Waals surface area contributed by atoms with Crippen LogP contribution < -0.4 is 24.8 Å². The van der Waals surface area contributed by atoms with Gasteiger partial charge in [0.1, 0.15) is 0 Å². The minimum Gasteiger partial charge on any atom is -1.00 e. The average molecular weight is 759 g/mol. The normalized spacial score (nSPS) is 20.2. The maximum absolute atomic E-state index is 6.26. The van der Waals surface area contributed by atoms with E-state index in [1.807, 2.05) is 15.3 Å². The van der Waals surface area contributed by atoms with Gasteiger partial charge in [0.25, 0.3) is 0 Å².